The van der Waals surface area contributed by atoms with Crippen LogP contribution in [0.2, 0.25) is 0 Å². The van der Waals surface area contributed by atoms with E-state index in [-0.39, 0.29) is 27.6 Å². The summed E-state index contributed by atoms with van der Waals surface area (Å²) in [6.45, 7) is 5.49. The van der Waals surface area contributed by atoms with E-state index < -0.39 is 16.0 Å². The van der Waals surface area contributed by atoms with E-state index in [4.69, 9.17) is 4.74 Å². The van der Waals surface area contributed by atoms with Crippen LogP contribution in [0.4, 0.5) is 5.00 Å². The molecule has 7 nitrogen and oxygen atoms in total. The summed E-state index contributed by atoms with van der Waals surface area (Å²) in [4.78, 5) is 21.4. The number of benzene rings is 1. The highest BCUT2D eigenvalue weighted by Gasteiger charge is 2.26. The number of esters is 1. The molecule has 3 rings (SSSR count). The standard InChI is InChI=1S/C17H17N3O4S2/c1-4-24-17(21)14-10(2)11(3)25-16(14)20-26(22,23)13-7-5-6-12-15(13)19-9-8-18-12/h5-9,20H,4H2,1-3H3. The Hall–Kier alpha value is -2.52. The second-order valence-corrected chi connectivity index (χ2v) is 8.37. The van der Waals surface area contributed by atoms with E-state index in [1.54, 1.807) is 26.0 Å². The minimum atomic E-state index is -3.96. The molecule has 0 fully saturated rings. The Morgan fingerprint density at radius 3 is 2.69 bits per heavy atom. The lowest BCUT2D eigenvalue weighted by molar-refractivity contribution is 0.0527. The minimum absolute atomic E-state index is 0.00150. The summed E-state index contributed by atoms with van der Waals surface area (Å²) in [5.74, 6) is -0.551. The summed E-state index contributed by atoms with van der Waals surface area (Å²) in [5.41, 5.74) is 1.68. The molecule has 0 amide bonds. The van der Waals surface area contributed by atoms with Gasteiger partial charge in [-0.2, -0.15) is 0 Å². The summed E-state index contributed by atoms with van der Waals surface area (Å²) in [5, 5.41) is 0.236. The second kappa shape index (κ2) is 7.00. The summed E-state index contributed by atoms with van der Waals surface area (Å²) >= 11 is 1.19. The fourth-order valence-corrected chi connectivity index (χ4v) is 5.03. The van der Waals surface area contributed by atoms with Crippen molar-refractivity contribution in [2.75, 3.05) is 11.3 Å². The number of nitrogens with one attached hydrogen (secondary N) is 1. The van der Waals surface area contributed by atoms with Crippen molar-refractivity contribution in [1.29, 1.82) is 0 Å². The van der Waals surface area contributed by atoms with Gasteiger partial charge in [-0.05, 0) is 38.5 Å². The van der Waals surface area contributed by atoms with Crippen molar-refractivity contribution in [3.8, 4) is 0 Å². The Kier molecular flexibility index (Phi) is 4.92. The third-order valence-corrected chi connectivity index (χ3v) is 6.48. The average molecular weight is 391 g/mol. The van der Waals surface area contributed by atoms with Gasteiger partial charge in [-0.1, -0.05) is 6.07 Å². The van der Waals surface area contributed by atoms with Crippen LogP contribution >= 0.6 is 11.3 Å². The van der Waals surface area contributed by atoms with Gasteiger partial charge in [-0.3, -0.25) is 14.7 Å². The molecule has 0 radical (unpaired) electrons. The van der Waals surface area contributed by atoms with E-state index >= 15 is 0 Å². The van der Waals surface area contributed by atoms with Crippen LogP contribution in [0.25, 0.3) is 11.0 Å². The van der Waals surface area contributed by atoms with Crippen LogP contribution < -0.4 is 4.72 Å². The third kappa shape index (κ3) is 3.27. The number of nitrogens with zero attached hydrogens (tertiary/aromatic N) is 2. The number of rotatable bonds is 5. The number of para-hydroxylation sites is 1. The molecule has 0 saturated carbocycles. The Morgan fingerprint density at radius 1 is 1.23 bits per heavy atom. The number of hydrogen-bond acceptors (Lipinski definition) is 7. The first-order valence-corrected chi connectivity index (χ1v) is 10.1. The lowest BCUT2D eigenvalue weighted by Gasteiger charge is -2.10. The topological polar surface area (TPSA) is 98.2 Å². The number of aromatic nitrogens is 2. The van der Waals surface area contributed by atoms with Crippen LogP contribution in [0.5, 0.6) is 0 Å². The van der Waals surface area contributed by atoms with Gasteiger partial charge in [0.05, 0.1) is 17.7 Å². The number of aryl methyl sites for hydroxylation is 1. The van der Waals surface area contributed by atoms with Crippen LogP contribution in [0, 0.1) is 13.8 Å². The van der Waals surface area contributed by atoms with Gasteiger partial charge in [-0.25, -0.2) is 13.2 Å². The van der Waals surface area contributed by atoms with E-state index in [2.05, 4.69) is 14.7 Å². The maximum absolute atomic E-state index is 12.9. The predicted molar refractivity (Wildman–Crippen MR) is 100 cm³/mol. The SMILES string of the molecule is CCOC(=O)c1c(NS(=O)(=O)c2cccc3nccnc23)sc(C)c1C. The molecular formula is C17H17N3O4S2. The summed E-state index contributed by atoms with van der Waals surface area (Å²) in [6, 6.07) is 4.74. The normalized spacial score (nSPS) is 11.5. The van der Waals surface area contributed by atoms with Gasteiger partial charge in [0.25, 0.3) is 10.0 Å². The van der Waals surface area contributed by atoms with Gasteiger partial charge >= 0.3 is 5.97 Å². The van der Waals surface area contributed by atoms with Crippen molar-refractivity contribution in [2.24, 2.45) is 0 Å². The molecule has 9 heteroatoms. The average Bonchev–Trinajstić information content (AvgIpc) is 2.87. The Bertz CT molecular complexity index is 1090. The Labute approximate surface area is 155 Å². The molecule has 0 spiro atoms. The maximum atomic E-state index is 12.9. The number of thiophene rings is 1. The zero-order valence-corrected chi connectivity index (χ0v) is 16.1. The van der Waals surface area contributed by atoms with E-state index in [0.717, 1.165) is 4.88 Å². The maximum Gasteiger partial charge on any atom is 0.341 e. The quantitative estimate of drug-likeness (QED) is 0.670. The number of carbonyl (C=O) groups is 1. The monoisotopic (exact) mass is 391 g/mol. The summed E-state index contributed by atoms with van der Waals surface area (Å²) in [7, 11) is -3.96. The highest BCUT2D eigenvalue weighted by atomic mass is 32.2. The number of fused-ring (bicyclic) bond motifs is 1. The minimum Gasteiger partial charge on any atom is -0.462 e. The van der Waals surface area contributed by atoms with Crippen molar-refractivity contribution in [3.05, 3.63) is 46.6 Å². The van der Waals surface area contributed by atoms with Gasteiger partial charge in [0.2, 0.25) is 0 Å². The first kappa shape index (κ1) is 18.3. The summed E-state index contributed by atoms with van der Waals surface area (Å²) < 4.78 is 33.5. The number of hydrogen-bond donors (Lipinski definition) is 1. The molecule has 1 aromatic carbocycles. The second-order valence-electron chi connectivity index (χ2n) is 5.49. The molecule has 0 saturated heterocycles. The zero-order valence-electron chi connectivity index (χ0n) is 14.4. The molecule has 0 bridgehead atoms. The lowest BCUT2D eigenvalue weighted by atomic mass is 10.2. The highest BCUT2D eigenvalue weighted by Crippen LogP contribution is 2.35. The molecule has 0 aliphatic rings. The number of ether oxygens (including phenoxy) is 1. The molecule has 26 heavy (non-hydrogen) atoms. The number of anilines is 1. The van der Waals surface area contributed by atoms with Gasteiger partial charge < -0.3 is 4.74 Å². The van der Waals surface area contributed by atoms with E-state index in [9.17, 15) is 13.2 Å². The number of sulfonamides is 1. The largest absolute Gasteiger partial charge is 0.462 e. The molecule has 0 unspecified atom stereocenters. The van der Waals surface area contributed by atoms with Crippen molar-refractivity contribution < 1.29 is 17.9 Å². The van der Waals surface area contributed by atoms with Crippen LogP contribution in [0.1, 0.15) is 27.7 Å². The fourth-order valence-electron chi connectivity index (χ4n) is 2.51. The van der Waals surface area contributed by atoms with Crippen molar-refractivity contribution >= 4 is 43.4 Å². The van der Waals surface area contributed by atoms with Crippen molar-refractivity contribution in [1.82, 2.24) is 9.97 Å². The molecule has 0 aliphatic carbocycles. The van der Waals surface area contributed by atoms with Crippen LogP contribution in [-0.4, -0.2) is 31.0 Å². The van der Waals surface area contributed by atoms with Crippen molar-refractivity contribution in [3.63, 3.8) is 0 Å². The Balaban J connectivity index is 2.08. The molecular weight excluding hydrogens is 374 g/mol. The van der Waals surface area contributed by atoms with E-state index in [0.29, 0.717) is 11.1 Å². The number of carbonyl (C=O) groups excluding carboxylic acids is 1. The van der Waals surface area contributed by atoms with Gasteiger partial charge in [-0.15, -0.1) is 11.3 Å². The lowest BCUT2D eigenvalue weighted by Crippen LogP contribution is -2.16. The van der Waals surface area contributed by atoms with Crippen LogP contribution in [0.3, 0.4) is 0 Å². The van der Waals surface area contributed by atoms with Gasteiger partial charge in [0.1, 0.15) is 15.4 Å². The first-order chi connectivity index (χ1) is 12.3. The zero-order chi connectivity index (χ0) is 18.9. The summed E-state index contributed by atoms with van der Waals surface area (Å²) in [6.07, 6.45) is 2.93. The molecule has 0 aliphatic heterocycles. The first-order valence-electron chi connectivity index (χ1n) is 7.84. The van der Waals surface area contributed by atoms with Crippen molar-refractivity contribution in [2.45, 2.75) is 25.7 Å². The van der Waals surface area contributed by atoms with Gasteiger partial charge in [0.15, 0.2) is 0 Å². The highest BCUT2D eigenvalue weighted by molar-refractivity contribution is 7.93. The molecule has 2 heterocycles. The van der Waals surface area contributed by atoms with Gasteiger partial charge in [0, 0.05) is 17.3 Å². The van der Waals surface area contributed by atoms with E-state index in [1.165, 1.54) is 29.8 Å². The van der Waals surface area contributed by atoms with Crippen LogP contribution in [0.15, 0.2) is 35.5 Å². The smallest absolute Gasteiger partial charge is 0.341 e. The predicted octanol–water partition coefficient (Wildman–Crippen LogP) is 3.29. The molecule has 136 valence electrons. The third-order valence-electron chi connectivity index (χ3n) is 3.84. The van der Waals surface area contributed by atoms with Crippen LogP contribution in [-0.2, 0) is 14.8 Å². The Morgan fingerprint density at radius 2 is 1.96 bits per heavy atom. The molecule has 0 atom stereocenters. The fraction of sp³-hybridized carbons (Fsp3) is 0.235. The molecule has 1 N–H and O–H groups in total. The molecule has 2 aromatic heterocycles. The van der Waals surface area contributed by atoms with E-state index in [1.807, 2.05) is 6.92 Å². The molecule has 3 aromatic rings.